The average Bonchev–Trinajstić information content (AvgIpc) is 2.88. The quantitative estimate of drug-likeness (QED) is 0.369. The Labute approximate surface area is 204 Å². The molecule has 0 spiro atoms. The lowest BCUT2D eigenvalue weighted by atomic mass is 10.00. The first-order valence-corrected chi connectivity index (χ1v) is 11.8. The number of cyclic esters (lactones) is 1. The molecule has 1 saturated heterocycles. The molecule has 1 amide bonds. The number of ether oxygens (including phenoxy) is 1. The minimum atomic E-state index is -0.393. The van der Waals surface area contributed by atoms with Crippen molar-refractivity contribution in [1.29, 1.82) is 0 Å². The molecule has 0 aliphatic carbocycles. The molecule has 0 saturated carbocycles. The van der Waals surface area contributed by atoms with Crippen LogP contribution in [-0.4, -0.2) is 43.4 Å². The Bertz CT molecular complexity index is 1030. The second-order valence-corrected chi connectivity index (χ2v) is 8.32. The van der Waals surface area contributed by atoms with E-state index in [0.717, 1.165) is 23.1 Å². The molecule has 186 valence electrons. The summed E-state index contributed by atoms with van der Waals surface area (Å²) in [5.74, 6) is -0.434. The van der Waals surface area contributed by atoms with Crippen molar-refractivity contribution >= 4 is 6.09 Å². The van der Waals surface area contributed by atoms with Crippen molar-refractivity contribution in [1.82, 2.24) is 10.2 Å². The first kappa shape index (κ1) is 26.3. The Morgan fingerprint density at radius 2 is 1.51 bits per heavy atom. The van der Waals surface area contributed by atoms with Crippen LogP contribution in [0.4, 0.5) is 18.0 Å². The van der Waals surface area contributed by atoms with Crippen molar-refractivity contribution in [2.75, 3.05) is 26.3 Å². The van der Waals surface area contributed by atoms with E-state index >= 15 is 0 Å². The zero-order valence-corrected chi connectivity index (χ0v) is 19.8. The number of hydrogen-bond donors (Lipinski definition) is 1. The minimum Gasteiger partial charge on any atom is -0.446 e. The van der Waals surface area contributed by atoms with Crippen molar-refractivity contribution in [2.45, 2.75) is 31.9 Å². The molecule has 2 unspecified atom stereocenters. The molecule has 0 radical (unpaired) electrons. The van der Waals surface area contributed by atoms with E-state index in [1.807, 2.05) is 31.2 Å². The summed E-state index contributed by atoms with van der Waals surface area (Å²) in [7, 11) is 0. The topological polar surface area (TPSA) is 41.6 Å². The van der Waals surface area contributed by atoms with E-state index in [1.165, 1.54) is 24.3 Å². The number of nitrogens with zero attached hydrogens (tertiary/aromatic N) is 1. The Morgan fingerprint density at radius 1 is 0.914 bits per heavy atom. The molecule has 1 aliphatic rings. The standard InChI is InChI=1S/C22H26F2N2O2.C6H5F/c1-16(26-15-11-21(28-22(26)27)10-13-25-14-12-23)17-2-4-18(5-3-17)19-6-8-20(24)9-7-19;7-6-4-2-1-3-5-6/h2-9,16,21,25H,10-15H2,1H3;1-5H. The van der Waals surface area contributed by atoms with Gasteiger partial charge in [-0.2, -0.15) is 0 Å². The number of halogens is 3. The summed E-state index contributed by atoms with van der Waals surface area (Å²) < 4.78 is 42.6. The van der Waals surface area contributed by atoms with Gasteiger partial charge in [0.1, 0.15) is 24.4 Å². The van der Waals surface area contributed by atoms with Crippen molar-refractivity contribution in [3.63, 3.8) is 0 Å². The highest BCUT2D eigenvalue weighted by Crippen LogP contribution is 2.28. The molecule has 4 nitrogen and oxygen atoms in total. The maximum Gasteiger partial charge on any atom is 0.410 e. The summed E-state index contributed by atoms with van der Waals surface area (Å²) in [5, 5.41) is 2.98. The fourth-order valence-electron chi connectivity index (χ4n) is 3.84. The van der Waals surface area contributed by atoms with E-state index in [2.05, 4.69) is 5.32 Å². The maximum absolute atomic E-state index is 13.1. The molecule has 3 aromatic rings. The number of rotatable bonds is 8. The number of hydrogen-bond acceptors (Lipinski definition) is 3. The summed E-state index contributed by atoms with van der Waals surface area (Å²) in [6, 6.07) is 22.2. The molecule has 1 fully saturated rings. The van der Waals surface area contributed by atoms with Crippen molar-refractivity contribution in [2.24, 2.45) is 0 Å². The predicted molar refractivity (Wildman–Crippen MR) is 132 cm³/mol. The molecule has 1 aliphatic heterocycles. The van der Waals surface area contributed by atoms with Crippen LogP contribution < -0.4 is 5.32 Å². The van der Waals surface area contributed by atoms with Crippen LogP contribution in [0.5, 0.6) is 0 Å². The average molecular weight is 485 g/mol. The number of alkyl halides is 1. The van der Waals surface area contributed by atoms with Crippen LogP contribution in [0.25, 0.3) is 11.1 Å². The highest BCUT2D eigenvalue weighted by Gasteiger charge is 2.30. The summed E-state index contributed by atoms with van der Waals surface area (Å²) in [4.78, 5) is 14.2. The minimum absolute atomic E-state index is 0.0969. The van der Waals surface area contributed by atoms with Crippen LogP contribution in [0.15, 0.2) is 78.9 Å². The predicted octanol–water partition coefficient (Wildman–Crippen LogP) is 6.54. The molecular weight excluding hydrogens is 453 g/mol. The number of carbonyl (C=O) groups excluding carboxylic acids is 1. The highest BCUT2D eigenvalue weighted by atomic mass is 19.1. The van der Waals surface area contributed by atoms with Crippen LogP contribution in [0.2, 0.25) is 0 Å². The molecule has 3 aromatic carbocycles. The largest absolute Gasteiger partial charge is 0.446 e. The number of nitrogens with one attached hydrogen (secondary N) is 1. The van der Waals surface area contributed by atoms with Crippen molar-refractivity contribution < 1.29 is 22.7 Å². The Kier molecular flexibility index (Phi) is 10.2. The van der Waals surface area contributed by atoms with E-state index in [-0.39, 0.29) is 29.9 Å². The van der Waals surface area contributed by atoms with Gasteiger partial charge in [-0.3, -0.25) is 0 Å². The number of benzene rings is 3. The molecule has 2 atom stereocenters. The Hall–Kier alpha value is -3.32. The fourth-order valence-corrected chi connectivity index (χ4v) is 3.84. The van der Waals surface area contributed by atoms with Crippen LogP contribution in [0.1, 0.15) is 31.4 Å². The lowest BCUT2D eigenvalue weighted by Gasteiger charge is -2.36. The van der Waals surface area contributed by atoms with Gasteiger partial charge >= 0.3 is 6.09 Å². The molecule has 1 N–H and O–H groups in total. The monoisotopic (exact) mass is 484 g/mol. The second-order valence-electron chi connectivity index (χ2n) is 8.32. The molecule has 4 rings (SSSR count). The van der Waals surface area contributed by atoms with Gasteiger partial charge in [0.25, 0.3) is 0 Å². The molecule has 0 aromatic heterocycles. The van der Waals surface area contributed by atoms with Gasteiger partial charge in [-0.05, 0) is 60.8 Å². The number of carbonyl (C=O) groups is 1. The van der Waals surface area contributed by atoms with Crippen LogP contribution >= 0.6 is 0 Å². The van der Waals surface area contributed by atoms with Gasteiger partial charge in [-0.1, -0.05) is 54.6 Å². The van der Waals surface area contributed by atoms with Gasteiger partial charge in [-0.15, -0.1) is 0 Å². The van der Waals surface area contributed by atoms with Crippen LogP contribution in [0, 0.1) is 11.6 Å². The third kappa shape index (κ3) is 8.14. The van der Waals surface area contributed by atoms with Gasteiger partial charge in [0, 0.05) is 19.5 Å². The van der Waals surface area contributed by atoms with Crippen molar-refractivity contribution in [3.8, 4) is 11.1 Å². The zero-order chi connectivity index (χ0) is 25.0. The molecule has 0 bridgehead atoms. The van der Waals surface area contributed by atoms with Crippen molar-refractivity contribution in [3.05, 3.63) is 96.1 Å². The zero-order valence-electron chi connectivity index (χ0n) is 19.8. The molecule has 7 heteroatoms. The summed E-state index contributed by atoms with van der Waals surface area (Å²) in [5.41, 5.74) is 2.96. The Morgan fingerprint density at radius 3 is 2.06 bits per heavy atom. The fraction of sp³-hybridized carbons (Fsp3) is 0.321. The lowest BCUT2D eigenvalue weighted by molar-refractivity contribution is 0.0102. The normalized spacial score (nSPS) is 16.2. The third-order valence-corrected chi connectivity index (χ3v) is 5.88. The van der Waals surface area contributed by atoms with E-state index < -0.39 is 6.67 Å². The Balaban J connectivity index is 0.000000420. The van der Waals surface area contributed by atoms with E-state index in [1.54, 1.807) is 35.2 Å². The van der Waals surface area contributed by atoms with E-state index in [9.17, 15) is 18.0 Å². The highest BCUT2D eigenvalue weighted by molar-refractivity contribution is 5.69. The number of amides is 1. The third-order valence-electron chi connectivity index (χ3n) is 5.88. The van der Waals surface area contributed by atoms with Crippen LogP contribution in [-0.2, 0) is 4.74 Å². The first-order chi connectivity index (χ1) is 17.0. The van der Waals surface area contributed by atoms with Gasteiger partial charge in [-0.25, -0.2) is 18.0 Å². The summed E-state index contributed by atoms with van der Waals surface area (Å²) in [6.07, 6.45) is 1.03. The maximum atomic E-state index is 13.1. The van der Waals surface area contributed by atoms with E-state index in [4.69, 9.17) is 4.74 Å². The smallest absolute Gasteiger partial charge is 0.410 e. The SMILES string of the molecule is CC(c1ccc(-c2ccc(F)cc2)cc1)N1CCC(CCNCCF)OC1=O.Fc1ccccc1. The first-order valence-electron chi connectivity index (χ1n) is 11.8. The van der Waals surface area contributed by atoms with Gasteiger partial charge in [0.2, 0.25) is 0 Å². The van der Waals surface area contributed by atoms with Crippen LogP contribution in [0.3, 0.4) is 0 Å². The molecule has 35 heavy (non-hydrogen) atoms. The second kappa shape index (κ2) is 13.5. The summed E-state index contributed by atoms with van der Waals surface area (Å²) >= 11 is 0. The van der Waals surface area contributed by atoms with E-state index in [0.29, 0.717) is 26.1 Å². The lowest BCUT2D eigenvalue weighted by Crippen LogP contribution is -2.44. The molecule has 1 heterocycles. The van der Waals surface area contributed by atoms with Gasteiger partial charge < -0.3 is 15.0 Å². The molecular formula is C28H31F3N2O2. The summed E-state index contributed by atoms with van der Waals surface area (Å²) in [6.45, 7) is 3.19. The van der Waals surface area contributed by atoms with Gasteiger partial charge in [0.15, 0.2) is 0 Å². The van der Waals surface area contributed by atoms with Gasteiger partial charge in [0.05, 0.1) is 6.04 Å².